The summed E-state index contributed by atoms with van der Waals surface area (Å²) in [6, 6.07) is 20.2. The number of aromatic amines is 1. The number of aromatic nitrogens is 3. The summed E-state index contributed by atoms with van der Waals surface area (Å²) >= 11 is 0. The maximum atomic E-state index is 14.1. The van der Waals surface area contributed by atoms with Crippen molar-refractivity contribution in [1.82, 2.24) is 15.2 Å². The molecule has 0 bridgehead atoms. The molecule has 0 saturated heterocycles. The zero-order chi connectivity index (χ0) is 22.9. The van der Waals surface area contributed by atoms with Gasteiger partial charge < -0.3 is 14.4 Å². The van der Waals surface area contributed by atoms with Gasteiger partial charge in [-0.2, -0.15) is 5.10 Å². The number of amides is 1. The highest BCUT2D eigenvalue weighted by molar-refractivity contribution is 6.11. The first-order valence-electron chi connectivity index (χ1n) is 11.5. The second kappa shape index (κ2) is 6.93. The number of hydrogen-bond acceptors (Lipinski definition) is 5. The first-order valence-corrected chi connectivity index (χ1v) is 11.5. The van der Waals surface area contributed by atoms with Gasteiger partial charge in [0.05, 0.1) is 13.2 Å². The predicted octanol–water partition coefficient (Wildman–Crippen LogP) is 3.94. The van der Waals surface area contributed by atoms with Crippen molar-refractivity contribution in [1.29, 1.82) is 0 Å². The fourth-order valence-electron chi connectivity index (χ4n) is 5.42. The van der Waals surface area contributed by atoms with Crippen LogP contribution in [-0.4, -0.2) is 34.3 Å². The van der Waals surface area contributed by atoms with Gasteiger partial charge >= 0.3 is 0 Å². The van der Waals surface area contributed by atoms with E-state index in [2.05, 4.69) is 27.3 Å². The van der Waals surface area contributed by atoms with Gasteiger partial charge in [0.25, 0.3) is 0 Å². The maximum Gasteiger partial charge on any atom is 0.246 e. The fraction of sp³-hybridized carbons (Fsp3) is 0.222. The number of rotatable bonds is 3. The Morgan fingerprint density at radius 3 is 2.71 bits per heavy atom. The van der Waals surface area contributed by atoms with Crippen molar-refractivity contribution in [3.8, 4) is 22.9 Å². The van der Waals surface area contributed by atoms with Crippen LogP contribution in [0.2, 0.25) is 0 Å². The van der Waals surface area contributed by atoms with Gasteiger partial charge in [0, 0.05) is 29.3 Å². The van der Waals surface area contributed by atoms with E-state index in [0.717, 1.165) is 57.2 Å². The average molecular weight is 450 g/mol. The lowest BCUT2D eigenvalue weighted by Gasteiger charge is -2.23. The number of benzene rings is 3. The van der Waals surface area contributed by atoms with E-state index in [-0.39, 0.29) is 5.91 Å². The Kier molecular flexibility index (Phi) is 3.95. The lowest BCUT2D eigenvalue weighted by atomic mass is 9.76. The van der Waals surface area contributed by atoms with Crippen molar-refractivity contribution >= 4 is 11.6 Å². The van der Waals surface area contributed by atoms with Gasteiger partial charge in [0.1, 0.15) is 29.3 Å². The SMILES string of the molecule is Cc1nc(-c2ccc(CN3C(=O)C4(COc5cc6c(cc54)CCO6)c4ccccc43)cc2)n[nH]1. The van der Waals surface area contributed by atoms with Crippen molar-refractivity contribution in [3.63, 3.8) is 0 Å². The predicted molar refractivity (Wildman–Crippen MR) is 126 cm³/mol. The van der Waals surface area contributed by atoms with Gasteiger partial charge in [-0.15, -0.1) is 0 Å². The number of nitrogens with one attached hydrogen (secondary N) is 1. The number of fused-ring (bicyclic) bond motifs is 5. The Morgan fingerprint density at radius 1 is 1.03 bits per heavy atom. The normalized spacial score (nSPS) is 19.7. The summed E-state index contributed by atoms with van der Waals surface area (Å²) in [5, 5.41) is 7.11. The summed E-state index contributed by atoms with van der Waals surface area (Å²) in [6.07, 6.45) is 0.856. The van der Waals surface area contributed by atoms with Crippen molar-refractivity contribution in [2.45, 2.75) is 25.3 Å². The van der Waals surface area contributed by atoms with Crippen LogP contribution >= 0.6 is 0 Å². The molecule has 4 aromatic rings. The summed E-state index contributed by atoms with van der Waals surface area (Å²) < 4.78 is 11.8. The molecule has 168 valence electrons. The summed E-state index contributed by atoms with van der Waals surface area (Å²) in [6.45, 7) is 3.34. The third kappa shape index (κ3) is 2.61. The summed E-state index contributed by atoms with van der Waals surface area (Å²) in [7, 11) is 0. The van der Waals surface area contributed by atoms with Crippen LogP contribution in [0, 0.1) is 6.92 Å². The molecule has 7 nitrogen and oxygen atoms in total. The third-order valence-electron chi connectivity index (χ3n) is 7.11. The van der Waals surface area contributed by atoms with Crippen molar-refractivity contribution in [2.24, 2.45) is 0 Å². The van der Waals surface area contributed by atoms with Crippen LogP contribution in [0.4, 0.5) is 5.69 Å². The molecule has 3 aliphatic rings. The smallest absolute Gasteiger partial charge is 0.246 e. The number of carbonyl (C=O) groups excluding carboxylic acids is 1. The molecule has 4 heterocycles. The molecule has 1 spiro atoms. The molecule has 3 aromatic carbocycles. The number of ether oxygens (including phenoxy) is 2. The van der Waals surface area contributed by atoms with Gasteiger partial charge in [-0.05, 0) is 35.7 Å². The first-order chi connectivity index (χ1) is 16.6. The lowest BCUT2D eigenvalue weighted by Crippen LogP contribution is -2.42. The molecule has 34 heavy (non-hydrogen) atoms. The number of anilines is 1. The molecule has 0 radical (unpaired) electrons. The fourth-order valence-corrected chi connectivity index (χ4v) is 5.42. The number of aryl methyl sites for hydroxylation is 1. The van der Waals surface area contributed by atoms with Crippen LogP contribution in [0.15, 0.2) is 60.7 Å². The highest BCUT2D eigenvalue weighted by Crippen LogP contribution is 2.54. The second-order valence-electron chi connectivity index (χ2n) is 9.10. The molecule has 3 aliphatic heterocycles. The Hall–Kier alpha value is -4.13. The number of H-pyrrole nitrogens is 1. The zero-order valence-electron chi connectivity index (χ0n) is 18.7. The third-order valence-corrected chi connectivity index (χ3v) is 7.11. The van der Waals surface area contributed by atoms with Gasteiger partial charge in [0.2, 0.25) is 5.91 Å². The van der Waals surface area contributed by atoms with Crippen molar-refractivity contribution < 1.29 is 14.3 Å². The van der Waals surface area contributed by atoms with E-state index in [1.165, 1.54) is 0 Å². The Bertz CT molecular complexity index is 1460. The monoisotopic (exact) mass is 450 g/mol. The largest absolute Gasteiger partial charge is 0.493 e. The summed E-state index contributed by atoms with van der Waals surface area (Å²) in [4.78, 5) is 20.4. The van der Waals surface area contributed by atoms with Gasteiger partial charge in [-0.25, -0.2) is 4.98 Å². The minimum atomic E-state index is -0.819. The Balaban J connectivity index is 1.27. The molecule has 1 atom stereocenters. The van der Waals surface area contributed by atoms with E-state index in [1.807, 2.05) is 60.4 Å². The highest BCUT2D eigenvalue weighted by Gasteiger charge is 2.57. The molecule has 1 unspecified atom stereocenters. The van der Waals surface area contributed by atoms with Crippen LogP contribution in [-0.2, 0) is 23.2 Å². The average Bonchev–Trinajstić information content (AvgIpc) is 3.63. The molecule has 0 saturated carbocycles. The number of para-hydroxylation sites is 1. The van der Waals surface area contributed by atoms with Crippen molar-refractivity contribution in [2.75, 3.05) is 18.1 Å². The Morgan fingerprint density at radius 2 is 1.88 bits per heavy atom. The molecular weight excluding hydrogens is 428 g/mol. The van der Waals surface area contributed by atoms with E-state index < -0.39 is 5.41 Å². The first kappa shape index (κ1) is 19.3. The number of carbonyl (C=O) groups is 1. The number of hydrogen-bond donors (Lipinski definition) is 1. The van der Waals surface area contributed by atoms with E-state index in [4.69, 9.17) is 9.47 Å². The number of nitrogens with zero attached hydrogens (tertiary/aromatic N) is 3. The highest BCUT2D eigenvalue weighted by atomic mass is 16.5. The lowest BCUT2D eigenvalue weighted by molar-refractivity contribution is -0.122. The Labute approximate surface area is 196 Å². The van der Waals surface area contributed by atoms with Crippen LogP contribution < -0.4 is 14.4 Å². The van der Waals surface area contributed by atoms with Crippen LogP contribution in [0.5, 0.6) is 11.5 Å². The molecule has 0 aliphatic carbocycles. The van der Waals surface area contributed by atoms with Crippen LogP contribution in [0.25, 0.3) is 11.4 Å². The van der Waals surface area contributed by atoms with E-state index >= 15 is 0 Å². The minimum Gasteiger partial charge on any atom is -0.493 e. The molecule has 0 fully saturated rings. The van der Waals surface area contributed by atoms with Crippen LogP contribution in [0.3, 0.4) is 0 Å². The quantitative estimate of drug-likeness (QED) is 0.511. The summed E-state index contributed by atoms with van der Waals surface area (Å²) in [5.74, 6) is 3.12. The summed E-state index contributed by atoms with van der Waals surface area (Å²) in [5.41, 5.74) is 5.20. The molecule has 7 heteroatoms. The van der Waals surface area contributed by atoms with E-state index in [1.54, 1.807) is 0 Å². The van der Waals surface area contributed by atoms with Gasteiger partial charge in [-0.3, -0.25) is 9.89 Å². The minimum absolute atomic E-state index is 0.0555. The van der Waals surface area contributed by atoms with E-state index in [9.17, 15) is 4.79 Å². The topological polar surface area (TPSA) is 80.3 Å². The second-order valence-corrected chi connectivity index (χ2v) is 9.10. The zero-order valence-corrected chi connectivity index (χ0v) is 18.7. The standard InChI is InChI=1S/C27H22N4O3/c1-16-28-25(30-29-16)18-8-6-17(7-9-18)14-31-22-5-3-2-4-20(22)27(26(31)32)15-34-24-13-23-19(10-11-33-23)12-21(24)27/h2-9,12-13H,10-11,14-15H2,1H3,(H,28,29,30). The van der Waals surface area contributed by atoms with Gasteiger partial charge in [0.15, 0.2) is 5.82 Å². The molecule has 1 aromatic heterocycles. The molecule has 1 amide bonds. The van der Waals surface area contributed by atoms with Crippen LogP contribution in [0.1, 0.15) is 28.1 Å². The van der Waals surface area contributed by atoms with Gasteiger partial charge in [-0.1, -0.05) is 42.5 Å². The van der Waals surface area contributed by atoms with E-state index in [0.29, 0.717) is 25.6 Å². The molecular formula is C27H22N4O3. The molecule has 7 rings (SSSR count). The maximum absolute atomic E-state index is 14.1. The molecule has 1 N–H and O–H groups in total. The van der Waals surface area contributed by atoms with Crippen molar-refractivity contribution in [3.05, 3.63) is 88.7 Å².